The van der Waals surface area contributed by atoms with E-state index >= 15 is 0 Å². The summed E-state index contributed by atoms with van der Waals surface area (Å²) in [5.74, 6) is 7.38. The summed E-state index contributed by atoms with van der Waals surface area (Å²) < 4.78 is 40.5. The molecule has 5 unspecified atom stereocenters. The van der Waals surface area contributed by atoms with Crippen molar-refractivity contribution in [2.75, 3.05) is 52.8 Å². The molecule has 0 bridgehead atoms. The second-order valence-corrected chi connectivity index (χ2v) is 42.4. The van der Waals surface area contributed by atoms with Gasteiger partial charge in [0.25, 0.3) is 0 Å². The van der Waals surface area contributed by atoms with Crippen LogP contribution in [0.3, 0.4) is 0 Å². The Morgan fingerprint density at radius 3 is 1.43 bits per heavy atom. The van der Waals surface area contributed by atoms with Crippen molar-refractivity contribution in [2.45, 2.75) is 149 Å². The average molecular weight is 1500 g/mol. The number of aliphatic hydroxyl groups excluding tert-OH is 1. The number of carbonyl (C=O) groups is 1. The number of benzene rings is 9. The van der Waals surface area contributed by atoms with Crippen LogP contribution >= 0.6 is 51.2 Å². The number of Topliss-reactive ketones (excluding diaryl/α,β-unsaturated/α-hetero) is 1. The third-order valence-electron chi connectivity index (χ3n) is 20.2. The van der Waals surface area contributed by atoms with Crippen LogP contribution in [0.1, 0.15) is 137 Å². The molecule has 12 rings (SSSR count). The largest absolute Gasteiger partial charge is 0.497 e. The van der Waals surface area contributed by atoms with Gasteiger partial charge < -0.3 is 42.7 Å². The van der Waals surface area contributed by atoms with E-state index in [-0.39, 0.29) is 40.2 Å². The Hall–Kier alpha value is -6.55. The molecule has 0 amide bonds. The van der Waals surface area contributed by atoms with E-state index in [1.807, 2.05) is 90.6 Å². The van der Waals surface area contributed by atoms with E-state index in [4.69, 9.17) is 32.5 Å². The molecule has 3 heterocycles. The summed E-state index contributed by atoms with van der Waals surface area (Å²) in [4.78, 5) is 16.0. The van der Waals surface area contributed by atoms with Crippen LogP contribution in [0.15, 0.2) is 219 Å². The topological polar surface area (TPSA) is 122 Å². The minimum Gasteiger partial charge on any atom is -0.497 e. The molecule has 2 N–H and O–H groups in total. The van der Waals surface area contributed by atoms with Gasteiger partial charge in [-0.1, -0.05) is 184 Å². The van der Waals surface area contributed by atoms with E-state index in [0.717, 1.165) is 106 Å². The molecular formula is C84H99BrO10S3Si2. The Balaban J connectivity index is 0.000000163. The van der Waals surface area contributed by atoms with Gasteiger partial charge >= 0.3 is 0 Å². The first-order chi connectivity index (χ1) is 47.6. The highest BCUT2D eigenvalue weighted by Crippen LogP contribution is 2.54. The molecule has 9 aromatic carbocycles. The Morgan fingerprint density at radius 2 is 0.910 bits per heavy atom. The summed E-state index contributed by atoms with van der Waals surface area (Å²) >= 11 is 8.81. The molecule has 0 radical (unpaired) electrons. The molecule has 0 saturated heterocycles. The minimum absolute atomic E-state index is 0.0403. The maximum absolute atomic E-state index is 12.6. The van der Waals surface area contributed by atoms with E-state index in [1.54, 1.807) is 59.1 Å². The fourth-order valence-electron chi connectivity index (χ4n) is 11.8. The van der Waals surface area contributed by atoms with Gasteiger partial charge in [0.05, 0.1) is 61.3 Å². The predicted octanol–water partition coefficient (Wildman–Crippen LogP) is 21.6. The van der Waals surface area contributed by atoms with Crippen molar-refractivity contribution in [3.05, 3.63) is 271 Å². The first kappa shape index (κ1) is 77.6. The Bertz CT molecular complexity index is 4140. The van der Waals surface area contributed by atoms with Crippen LogP contribution in [-0.4, -0.2) is 85.4 Å². The Kier molecular flexibility index (Phi) is 26.5. The number of halogens is 1. The van der Waals surface area contributed by atoms with Crippen molar-refractivity contribution in [1.29, 1.82) is 0 Å². The van der Waals surface area contributed by atoms with E-state index in [1.165, 1.54) is 32.7 Å². The van der Waals surface area contributed by atoms with Crippen molar-refractivity contribution in [3.63, 3.8) is 0 Å². The first-order valence-corrected chi connectivity index (χ1v) is 43.6. The SMILES string of the molecule is CC(C)(C)[Si](C)(C)OCc1ccc(Br)cc1.COc1ccc(C2CSc3cc(OC)ccc3C2(O)c2ccc(CO[Si](C)(C)C(C)(C)C)cc2)cc1.COc1ccc(C2CSc3cc(OC)ccc3C2c2ccc(CO)cc2)cc1.COc1ccc2c(c1)SCC(c1ccc(C)cc1)C2=O. The van der Waals surface area contributed by atoms with Crippen LogP contribution in [0.2, 0.25) is 36.3 Å². The van der Waals surface area contributed by atoms with E-state index in [0.29, 0.717) is 12.5 Å². The smallest absolute Gasteiger partial charge is 0.192 e. The van der Waals surface area contributed by atoms with Crippen LogP contribution in [0.25, 0.3) is 0 Å². The number of ether oxygens (including phenoxy) is 5. The fraction of sp³-hybridized carbons (Fsp3) is 0.345. The second-order valence-electron chi connectivity index (χ2n) is 28.7. The monoisotopic (exact) mass is 1500 g/mol. The maximum Gasteiger partial charge on any atom is 0.192 e. The van der Waals surface area contributed by atoms with Crippen molar-refractivity contribution in [2.24, 2.45) is 0 Å². The molecule has 9 aromatic rings. The Labute approximate surface area is 618 Å². The highest BCUT2D eigenvalue weighted by atomic mass is 79.9. The van der Waals surface area contributed by atoms with Gasteiger partial charge in [-0.3, -0.25) is 4.79 Å². The van der Waals surface area contributed by atoms with Gasteiger partial charge in [-0.25, -0.2) is 0 Å². The molecule has 0 spiro atoms. The zero-order valence-corrected chi connectivity index (χ0v) is 66.9. The number of rotatable bonds is 17. The highest BCUT2D eigenvalue weighted by Gasteiger charge is 2.46. The molecule has 0 aliphatic carbocycles. The molecule has 0 saturated carbocycles. The van der Waals surface area contributed by atoms with Gasteiger partial charge in [-0.15, -0.1) is 35.3 Å². The average Bonchev–Trinajstić information content (AvgIpc) is 0.723. The molecular weight excluding hydrogens is 1400 g/mol. The lowest BCUT2D eigenvalue weighted by Crippen LogP contribution is -2.40. The Morgan fingerprint density at radius 1 is 0.480 bits per heavy atom. The molecule has 16 heteroatoms. The zero-order valence-electron chi connectivity index (χ0n) is 60.9. The first-order valence-electron chi connectivity index (χ1n) is 34.0. The van der Waals surface area contributed by atoms with Gasteiger partial charge in [0.1, 0.15) is 34.3 Å². The molecule has 5 atom stereocenters. The highest BCUT2D eigenvalue weighted by molar-refractivity contribution is 9.10. The van der Waals surface area contributed by atoms with Crippen LogP contribution in [-0.2, 0) is 34.3 Å². The quantitative estimate of drug-likeness (QED) is 0.0842. The third kappa shape index (κ3) is 18.8. The minimum atomic E-state index is -1.84. The third-order valence-corrected chi connectivity index (χ3v) is 33.2. The summed E-state index contributed by atoms with van der Waals surface area (Å²) in [6, 6.07) is 67.7. The van der Waals surface area contributed by atoms with Gasteiger partial charge in [-0.05, 0) is 172 Å². The number of thioether (sulfide) groups is 3. The van der Waals surface area contributed by atoms with Crippen molar-refractivity contribution >= 4 is 73.6 Å². The van der Waals surface area contributed by atoms with Crippen LogP contribution in [0.5, 0.6) is 28.7 Å². The number of aliphatic hydroxyl groups is 2. The van der Waals surface area contributed by atoms with Gasteiger partial charge in [0.15, 0.2) is 22.4 Å². The van der Waals surface area contributed by atoms with Gasteiger partial charge in [0, 0.05) is 65.3 Å². The van der Waals surface area contributed by atoms with E-state index < -0.39 is 22.2 Å². The lowest BCUT2D eigenvalue weighted by molar-refractivity contribution is 0.0522. The maximum atomic E-state index is 12.6. The molecule has 100 heavy (non-hydrogen) atoms. The summed E-state index contributed by atoms with van der Waals surface area (Å²) in [6.07, 6.45) is 0. The summed E-state index contributed by atoms with van der Waals surface area (Å²) in [7, 11) is 4.94. The van der Waals surface area contributed by atoms with Gasteiger partial charge in [-0.2, -0.15) is 0 Å². The number of hydrogen-bond acceptors (Lipinski definition) is 13. The van der Waals surface area contributed by atoms with Crippen molar-refractivity contribution in [3.8, 4) is 28.7 Å². The second kappa shape index (κ2) is 34.2. The number of methoxy groups -OCH3 is 5. The summed E-state index contributed by atoms with van der Waals surface area (Å²) in [5, 5.41) is 22.4. The van der Waals surface area contributed by atoms with Gasteiger partial charge in [0.2, 0.25) is 0 Å². The number of fused-ring (bicyclic) bond motifs is 3. The summed E-state index contributed by atoms with van der Waals surface area (Å²) in [6.45, 7) is 26.1. The fourth-order valence-corrected chi connectivity index (χ4v) is 17.9. The lowest BCUT2D eigenvalue weighted by atomic mass is 9.73. The van der Waals surface area contributed by atoms with Crippen LogP contribution in [0.4, 0.5) is 0 Å². The standard InChI is InChI=1S/C30H38O4SSi.C24H24O3S.C17H16O2S.C13H21BrOSi/c1-29(2,3)36(6,7)34-19-21-8-12-23(13-9-21)30(31)26-17-16-25(33-5)18-28(26)35-20-27(30)22-10-14-24(32-4)15-11-22;1-26-19-9-7-17(8-10-19)22-15-28-23-13-20(27-2)11-12-21(23)24(22)18-5-3-16(14-25)4-6-18;1-11-3-5-12(6-4-11)15-10-20-16-9-13(19-2)7-8-14(16)17(15)18;1-13(2,3)16(4,5)15-10-11-6-8-12(14)9-7-11/h8-18,27,31H,19-20H2,1-7H3;3-13,22,24-25H,14-15H2,1-2H3;3-9,15H,10H2,1-2H3;6-9H,10H2,1-5H3. The van der Waals surface area contributed by atoms with Crippen LogP contribution in [0, 0.1) is 6.92 Å². The number of carbonyl (C=O) groups excluding carboxylic acids is 1. The van der Waals surface area contributed by atoms with E-state index in [2.05, 4.69) is 212 Å². The zero-order chi connectivity index (χ0) is 72.2. The van der Waals surface area contributed by atoms with Crippen LogP contribution < -0.4 is 23.7 Å². The summed E-state index contributed by atoms with van der Waals surface area (Å²) in [5.41, 5.74) is 12.0. The molecule has 3 aliphatic rings. The number of ketones is 1. The number of aryl methyl sites for hydroxylation is 1. The lowest BCUT2D eigenvalue weighted by Gasteiger charge is -2.42. The molecule has 0 aromatic heterocycles. The molecule has 3 aliphatic heterocycles. The molecule has 528 valence electrons. The predicted molar refractivity (Wildman–Crippen MR) is 423 cm³/mol. The number of hydrogen-bond donors (Lipinski definition) is 2. The van der Waals surface area contributed by atoms with Crippen molar-refractivity contribution < 1.29 is 47.5 Å². The van der Waals surface area contributed by atoms with Crippen molar-refractivity contribution in [1.82, 2.24) is 0 Å². The normalized spacial score (nSPS) is 18.0. The molecule has 0 fully saturated rings. The van der Waals surface area contributed by atoms with E-state index in [9.17, 15) is 15.0 Å². The molecule has 10 nitrogen and oxygen atoms in total.